The van der Waals surface area contributed by atoms with E-state index in [0.717, 1.165) is 11.3 Å². The second-order valence-corrected chi connectivity index (χ2v) is 6.77. The molecule has 138 valence electrons. The summed E-state index contributed by atoms with van der Waals surface area (Å²) in [6.45, 7) is 1.07. The number of rotatable bonds is 7. The lowest BCUT2D eigenvalue weighted by Crippen LogP contribution is -2.22. The molecular weight excluding hydrogens is 422 g/mol. The van der Waals surface area contributed by atoms with Gasteiger partial charge in [0.2, 0.25) is 5.89 Å². The number of hydrogen-bond acceptors (Lipinski definition) is 7. The maximum absolute atomic E-state index is 5.65. The Bertz CT molecular complexity index is 927. The molecule has 3 rings (SSSR count). The van der Waals surface area contributed by atoms with Crippen molar-refractivity contribution in [3.05, 3.63) is 45.6 Å². The molecule has 9 heteroatoms. The zero-order valence-electron chi connectivity index (χ0n) is 14.6. The number of ether oxygens (including phenoxy) is 2. The fraction of sp³-hybridized carbons (Fsp3) is 0.294. The first-order valence-corrected chi connectivity index (χ1v) is 8.92. The van der Waals surface area contributed by atoms with Crippen molar-refractivity contribution < 1.29 is 18.3 Å². The Morgan fingerprint density at radius 3 is 2.42 bits per heavy atom. The number of halogens is 1. The molecule has 0 unspecified atom stereocenters. The van der Waals surface area contributed by atoms with E-state index in [9.17, 15) is 0 Å². The van der Waals surface area contributed by atoms with Crippen LogP contribution in [0.15, 0.2) is 43.8 Å². The van der Waals surface area contributed by atoms with Crippen LogP contribution in [0.2, 0.25) is 0 Å². The van der Waals surface area contributed by atoms with Crippen molar-refractivity contribution in [3.8, 4) is 23.0 Å². The van der Waals surface area contributed by atoms with E-state index < -0.39 is 0 Å². The van der Waals surface area contributed by atoms with Crippen molar-refractivity contribution in [3.63, 3.8) is 0 Å². The molecule has 0 fully saturated rings. The van der Waals surface area contributed by atoms with Gasteiger partial charge in [0, 0.05) is 11.6 Å². The Kier molecular flexibility index (Phi) is 5.80. The van der Waals surface area contributed by atoms with Crippen LogP contribution in [-0.2, 0) is 13.2 Å². The second-order valence-electron chi connectivity index (χ2n) is 5.64. The Balaban J connectivity index is 1.79. The largest absolute Gasteiger partial charge is 0.497 e. The Morgan fingerprint density at radius 2 is 1.85 bits per heavy atom. The molecule has 0 N–H and O–H groups in total. The number of methoxy groups -OCH3 is 2. The third-order valence-corrected chi connectivity index (χ3v) is 4.35. The number of furan rings is 1. The molecule has 2 aromatic heterocycles. The van der Waals surface area contributed by atoms with E-state index in [1.807, 2.05) is 36.2 Å². The van der Waals surface area contributed by atoms with E-state index >= 15 is 0 Å². The zero-order chi connectivity index (χ0) is 18.7. The van der Waals surface area contributed by atoms with Gasteiger partial charge < -0.3 is 18.3 Å². The second kappa shape index (κ2) is 8.07. The third kappa shape index (κ3) is 4.35. The van der Waals surface area contributed by atoms with Gasteiger partial charge >= 0.3 is 0 Å². The summed E-state index contributed by atoms with van der Waals surface area (Å²) < 4.78 is 24.1. The maximum Gasteiger partial charge on any atom is 0.288 e. The molecule has 26 heavy (non-hydrogen) atoms. The van der Waals surface area contributed by atoms with Crippen molar-refractivity contribution in [2.75, 3.05) is 21.3 Å². The van der Waals surface area contributed by atoms with E-state index in [4.69, 9.17) is 30.5 Å². The molecule has 0 saturated heterocycles. The molecule has 0 spiro atoms. The number of aromatic nitrogens is 2. The summed E-state index contributed by atoms with van der Waals surface area (Å²) in [6.07, 6.45) is 0. The molecule has 7 nitrogen and oxygen atoms in total. The van der Waals surface area contributed by atoms with Crippen molar-refractivity contribution in [1.29, 1.82) is 0 Å². The van der Waals surface area contributed by atoms with Crippen molar-refractivity contribution in [1.82, 2.24) is 14.7 Å². The normalized spacial score (nSPS) is 11.1. The van der Waals surface area contributed by atoms with Crippen molar-refractivity contribution in [2.45, 2.75) is 13.2 Å². The van der Waals surface area contributed by atoms with Gasteiger partial charge in [-0.05, 0) is 59.5 Å². The predicted molar refractivity (Wildman–Crippen MR) is 102 cm³/mol. The lowest BCUT2D eigenvalue weighted by atomic mass is 10.2. The fourth-order valence-electron chi connectivity index (χ4n) is 2.42. The van der Waals surface area contributed by atoms with Crippen LogP contribution in [0.5, 0.6) is 11.5 Å². The lowest BCUT2D eigenvalue weighted by Gasteiger charge is -2.13. The molecule has 0 aliphatic heterocycles. The molecule has 0 radical (unpaired) electrons. The third-order valence-electron chi connectivity index (χ3n) is 3.63. The molecule has 3 aromatic rings. The molecule has 0 bridgehead atoms. The minimum Gasteiger partial charge on any atom is -0.497 e. The van der Waals surface area contributed by atoms with Crippen LogP contribution in [0.4, 0.5) is 0 Å². The number of benzene rings is 1. The van der Waals surface area contributed by atoms with Crippen LogP contribution in [0.3, 0.4) is 0 Å². The summed E-state index contributed by atoms with van der Waals surface area (Å²) in [5.41, 5.74) is 0.726. The first-order valence-electron chi connectivity index (χ1n) is 7.72. The quantitative estimate of drug-likeness (QED) is 0.507. The van der Waals surface area contributed by atoms with Gasteiger partial charge in [-0.3, -0.25) is 4.90 Å². The van der Waals surface area contributed by atoms with E-state index in [1.165, 1.54) is 0 Å². The summed E-state index contributed by atoms with van der Waals surface area (Å²) in [5, 5.41) is 4.47. The monoisotopic (exact) mass is 439 g/mol. The summed E-state index contributed by atoms with van der Waals surface area (Å²) in [6, 6.07) is 9.19. The highest BCUT2D eigenvalue weighted by Crippen LogP contribution is 2.29. The molecule has 2 heterocycles. The average Bonchev–Trinajstić information content (AvgIpc) is 3.20. The number of nitrogens with zero attached hydrogens (tertiary/aromatic N) is 3. The standard InChI is InChI=1S/C17H18BrN3O4S/c1-20(9-12-4-5-15(18)24-12)10-21-17(26)25-16(19-21)11-6-13(22-2)8-14(7-11)23-3/h4-8H,9-10H2,1-3H3. The topological polar surface area (TPSA) is 65.8 Å². The molecule has 0 atom stereocenters. The predicted octanol–water partition coefficient (Wildman–Crippen LogP) is 4.33. The summed E-state index contributed by atoms with van der Waals surface area (Å²) in [4.78, 5) is 2.30. The lowest BCUT2D eigenvalue weighted by molar-refractivity contribution is 0.222. The highest BCUT2D eigenvalue weighted by molar-refractivity contribution is 9.10. The SMILES string of the molecule is COc1cc(OC)cc(-c2nn(CN(C)Cc3ccc(Br)o3)c(=S)o2)c1. The Hall–Kier alpha value is -2.10. The van der Waals surface area contributed by atoms with Gasteiger partial charge in [-0.2, -0.15) is 0 Å². The van der Waals surface area contributed by atoms with Crippen molar-refractivity contribution >= 4 is 28.1 Å². The van der Waals surface area contributed by atoms with E-state index in [0.29, 0.717) is 35.3 Å². The summed E-state index contributed by atoms with van der Waals surface area (Å²) >= 11 is 8.59. The van der Waals surface area contributed by atoms with Gasteiger partial charge in [-0.1, -0.05) is 0 Å². The van der Waals surface area contributed by atoms with E-state index in [2.05, 4.69) is 21.0 Å². The van der Waals surface area contributed by atoms with Crippen molar-refractivity contribution in [2.24, 2.45) is 0 Å². The van der Waals surface area contributed by atoms with Gasteiger partial charge in [0.05, 0.1) is 27.4 Å². The van der Waals surface area contributed by atoms with Crippen LogP contribution in [0.1, 0.15) is 5.76 Å². The molecule has 1 aromatic carbocycles. The minimum absolute atomic E-state index is 0.286. The first-order chi connectivity index (χ1) is 12.5. The number of hydrogen-bond donors (Lipinski definition) is 0. The van der Waals surface area contributed by atoms with Gasteiger partial charge in [0.25, 0.3) is 4.84 Å². The average molecular weight is 440 g/mol. The highest BCUT2D eigenvalue weighted by atomic mass is 79.9. The molecule has 0 aliphatic rings. The minimum atomic E-state index is 0.286. The van der Waals surface area contributed by atoms with Gasteiger partial charge in [0.15, 0.2) is 4.67 Å². The summed E-state index contributed by atoms with van der Waals surface area (Å²) in [7, 11) is 5.13. The van der Waals surface area contributed by atoms with Crippen LogP contribution >= 0.6 is 28.1 Å². The van der Waals surface area contributed by atoms with E-state index in [-0.39, 0.29) is 4.84 Å². The summed E-state index contributed by atoms with van der Waals surface area (Å²) in [5.74, 6) is 2.54. The van der Waals surface area contributed by atoms with Gasteiger partial charge in [-0.25, -0.2) is 4.68 Å². The first kappa shape index (κ1) is 18.7. The highest BCUT2D eigenvalue weighted by Gasteiger charge is 2.13. The molecule has 0 saturated carbocycles. The van der Waals surface area contributed by atoms with Crippen LogP contribution < -0.4 is 9.47 Å². The van der Waals surface area contributed by atoms with Crippen LogP contribution in [0, 0.1) is 4.84 Å². The molecule has 0 amide bonds. The Labute approximate surface area is 164 Å². The molecular formula is C17H18BrN3O4S. The van der Waals surface area contributed by atoms with Crippen LogP contribution in [-0.4, -0.2) is 35.9 Å². The fourth-order valence-corrected chi connectivity index (χ4v) is 2.94. The Morgan fingerprint density at radius 1 is 1.15 bits per heavy atom. The maximum atomic E-state index is 5.65. The smallest absolute Gasteiger partial charge is 0.288 e. The zero-order valence-corrected chi connectivity index (χ0v) is 17.0. The van der Waals surface area contributed by atoms with Crippen LogP contribution in [0.25, 0.3) is 11.5 Å². The molecule has 0 aliphatic carbocycles. The van der Waals surface area contributed by atoms with Gasteiger partial charge in [0.1, 0.15) is 17.3 Å². The van der Waals surface area contributed by atoms with Gasteiger partial charge in [-0.15, -0.1) is 5.10 Å². The van der Waals surface area contributed by atoms with E-state index in [1.54, 1.807) is 25.0 Å².